The SMILES string of the molecule is COC(=O)c1ccc(S(=O)(=O)N(Cc2ccccc2F)c2ncc(C(F)(F)F)cc2Cl)cc1. The second-order valence-corrected chi connectivity index (χ2v) is 8.92. The van der Waals surface area contributed by atoms with Gasteiger partial charge in [-0.15, -0.1) is 0 Å². The number of anilines is 1. The van der Waals surface area contributed by atoms with Crippen molar-refractivity contribution in [1.29, 1.82) is 0 Å². The molecule has 0 spiro atoms. The monoisotopic (exact) mass is 502 g/mol. The van der Waals surface area contributed by atoms with Gasteiger partial charge in [0.05, 0.1) is 34.7 Å². The predicted molar refractivity (Wildman–Crippen MR) is 112 cm³/mol. The number of carbonyl (C=O) groups excluding carboxylic acids is 1. The lowest BCUT2D eigenvalue weighted by atomic mass is 10.2. The molecule has 1 aromatic heterocycles. The number of sulfonamides is 1. The Hall–Kier alpha value is -3.18. The van der Waals surface area contributed by atoms with Gasteiger partial charge in [-0.2, -0.15) is 13.2 Å². The predicted octanol–water partition coefficient (Wildman–Crippen LogP) is 5.08. The largest absolute Gasteiger partial charge is 0.465 e. The summed E-state index contributed by atoms with van der Waals surface area (Å²) >= 11 is 5.99. The highest BCUT2D eigenvalue weighted by Crippen LogP contribution is 2.36. The molecule has 0 unspecified atom stereocenters. The average molecular weight is 503 g/mol. The number of ether oxygens (including phenoxy) is 1. The van der Waals surface area contributed by atoms with E-state index in [4.69, 9.17) is 11.6 Å². The van der Waals surface area contributed by atoms with Crippen LogP contribution in [0.4, 0.5) is 23.4 Å². The molecule has 0 radical (unpaired) electrons. The second kappa shape index (κ2) is 9.36. The van der Waals surface area contributed by atoms with E-state index in [0.717, 1.165) is 25.3 Å². The van der Waals surface area contributed by atoms with Crippen molar-refractivity contribution in [1.82, 2.24) is 4.98 Å². The maximum absolute atomic E-state index is 14.3. The number of aromatic nitrogens is 1. The van der Waals surface area contributed by atoms with E-state index in [1.54, 1.807) is 0 Å². The number of carbonyl (C=O) groups is 1. The lowest BCUT2D eigenvalue weighted by Crippen LogP contribution is -2.32. The van der Waals surface area contributed by atoms with Gasteiger partial charge >= 0.3 is 12.1 Å². The first-order valence-corrected chi connectivity index (χ1v) is 10.9. The number of alkyl halides is 3. The van der Waals surface area contributed by atoms with Crippen LogP contribution in [-0.2, 0) is 27.5 Å². The first-order chi connectivity index (χ1) is 15.4. The lowest BCUT2D eigenvalue weighted by molar-refractivity contribution is -0.137. The molecule has 0 aliphatic rings. The zero-order chi connectivity index (χ0) is 24.4. The smallest absolute Gasteiger partial charge is 0.417 e. The first kappa shape index (κ1) is 24.5. The summed E-state index contributed by atoms with van der Waals surface area (Å²) in [5.74, 6) is -1.96. The van der Waals surface area contributed by atoms with Crippen LogP contribution in [0.3, 0.4) is 0 Å². The van der Waals surface area contributed by atoms with Crippen LogP contribution >= 0.6 is 11.6 Å². The molecule has 12 heteroatoms. The zero-order valence-corrected chi connectivity index (χ0v) is 18.4. The molecule has 0 bridgehead atoms. The summed E-state index contributed by atoms with van der Waals surface area (Å²) in [6.07, 6.45) is -4.32. The molecule has 3 aromatic rings. The Kier molecular flexibility index (Phi) is 6.94. The number of nitrogens with zero attached hydrogens (tertiary/aromatic N) is 2. The molecule has 33 heavy (non-hydrogen) atoms. The number of benzene rings is 2. The van der Waals surface area contributed by atoms with Gasteiger partial charge in [0.2, 0.25) is 0 Å². The summed E-state index contributed by atoms with van der Waals surface area (Å²) < 4.78 is 85.3. The summed E-state index contributed by atoms with van der Waals surface area (Å²) in [5, 5.41) is -0.601. The number of halogens is 5. The molecule has 0 aliphatic heterocycles. The molecule has 0 aliphatic carbocycles. The van der Waals surface area contributed by atoms with Crippen LogP contribution in [0, 0.1) is 5.82 Å². The van der Waals surface area contributed by atoms with Crippen LogP contribution in [0.5, 0.6) is 0 Å². The van der Waals surface area contributed by atoms with Crippen LogP contribution in [0.1, 0.15) is 21.5 Å². The molecule has 0 N–H and O–H groups in total. The highest BCUT2D eigenvalue weighted by Gasteiger charge is 2.34. The Morgan fingerprint density at radius 2 is 1.76 bits per heavy atom. The molecular weight excluding hydrogens is 488 g/mol. The fraction of sp³-hybridized carbons (Fsp3) is 0.143. The molecule has 0 saturated heterocycles. The van der Waals surface area contributed by atoms with Crippen molar-refractivity contribution in [2.45, 2.75) is 17.6 Å². The standard InChI is InChI=1S/C21H15ClF4N2O4S/c1-32-20(29)13-6-8-16(9-7-13)33(30,31)28(12-14-4-2-3-5-18(14)23)19-17(22)10-15(11-27-19)21(24,25)26/h2-11H,12H2,1H3. The van der Waals surface area contributed by atoms with E-state index in [1.807, 2.05) is 0 Å². The Morgan fingerprint density at radius 1 is 1.12 bits per heavy atom. The minimum Gasteiger partial charge on any atom is -0.465 e. The van der Waals surface area contributed by atoms with Gasteiger partial charge in [0.25, 0.3) is 10.0 Å². The maximum Gasteiger partial charge on any atom is 0.417 e. The molecule has 6 nitrogen and oxygen atoms in total. The summed E-state index contributed by atoms with van der Waals surface area (Å²) in [6.45, 7) is -0.605. The van der Waals surface area contributed by atoms with Gasteiger partial charge < -0.3 is 4.74 Å². The van der Waals surface area contributed by atoms with Crippen molar-refractivity contribution in [2.75, 3.05) is 11.4 Å². The molecule has 0 fully saturated rings. The zero-order valence-electron chi connectivity index (χ0n) is 16.8. The molecule has 3 rings (SSSR count). The van der Waals surface area contributed by atoms with Crippen LogP contribution in [0.15, 0.2) is 65.7 Å². The molecular formula is C21H15ClF4N2O4S. The number of esters is 1. The van der Waals surface area contributed by atoms with Crippen molar-refractivity contribution >= 4 is 33.4 Å². The third-order valence-corrected chi connectivity index (χ3v) is 6.55. The van der Waals surface area contributed by atoms with E-state index in [9.17, 15) is 30.8 Å². The molecule has 174 valence electrons. The minimum absolute atomic E-state index is 0.0648. The van der Waals surface area contributed by atoms with Crippen LogP contribution in [-0.4, -0.2) is 26.5 Å². The third kappa shape index (κ3) is 5.25. The number of hydrogen-bond acceptors (Lipinski definition) is 5. The van der Waals surface area contributed by atoms with Crippen molar-refractivity contribution in [3.8, 4) is 0 Å². The lowest BCUT2D eigenvalue weighted by Gasteiger charge is -2.25. The summed E-state index contributed by atoms with van der Waals surface area (Å²) in [4.78, 5) is 14.9. The normalized spacial score (nSPS) is 11.8. The van der Waals surface area contributed by atoms with Crippen LogP contribution < -0.4 is 4.31 Å². The summed E-state index contributed by atoms with van der Waals surface area (Å²) in [6, 6.07) is 10.4. The molecule has 0 atom stereocenters. The highest BCUT2D eigenvalue weighted by atomic mass is 35.5. The van der Waals surface area contributed by atoms with E-state index in [1.165, 1.54) is 30.3 Å². The van der Waals surface area contributed by atoms with E-state index in [2.05, 4.69) is 9.72 Å². The quantitative estimate of drug-likeness (QED) is 0.347. The van der Waals surface area contributed by atoms with Gasteiger partial charge in [-0.05, 0) is 36.4 Å². The van der Waals surface area contributed by atoms with Gasteiger partial charge in [-0.1, -0.05) is 29.8 Å². The molecule has 0 saturated carbocycles. The number of methoxy groups -OCH3 is 1. The van der Waals surface area contributed by atoms with Crippen LogP contribution in [0.2, 0.25) is 5.02 Å². The summed E-state index contributed by atoms with van der Waals surface area (Å²) in [5.41, 5.74) is -1.17. The second-order valence-electron chi connectivity index (χ2n) is 6.65. The van der Waals surface area contributed by atoms with Gasteiger partial charge in [-0.3, -0.25) is 0 Å². The van der Waals surface area contributed by atoms with Gasteiger partial charge in [-0.25, -0.2) is 26.9 Å². The third-order valence-electron chi connectivity index (χ3n) is 4.52. The first-order valence-electron chi connectivity index (χ1n) is 9.12. The van der Waals surface area contributed by atoms with Crippen molar-refractivity contribution in [2.24, 2.45) is 0 Å². The van der Waals surface area contributed by atoms with E-state index in [0.29, 0.717) is 16.6 Å². The fourth-order valence-corrected chi connectivity index (χ4v) is 4.57. The van der Waals surface area contributed by atoms with Crippen molar-refractivity contribution < 1.29 is 35.5 Å². The Labute approximate surface area is 191 Å². The average Bonchev–Trinajstić information content (AvgIpc) is 2.77. The maximum atomic E-state index is 14.3. The van der Waals surface area contributed by atoms with Crippen molar-refractivity contribution in [3.05, 3.63) is 88.3 Å². The van der Waals surface area contributed by atoms with Crippen LogP contribution in [0.25, 0.3) is 0 Å². The number of pyridine rings is 1. The number of hydrogen-bond donors (Lipinski definition) is 0. The molecule has 0 amide bonds. The molecule has 1 heterocycles. The topological polar surface area (TPSA) is 76.6 Å². The van der Waals surface area contributed by atoms with Gasteiger partial charge in [0.15, 0.2) is 5.82 Å². The van der Waals surface area contributed by atoms with E-state index >= 15 is 0 Å². The van der Waals surface area contributed by atoms with Gasteiger partial charge in [0, 0.05) is 11.8 Å². The highest BCUT2D eigenvalue weighted by molar-refractivity contribution is 7.92. The van der Waals surface area contributed by atoms with Crippen molar-refractivity contribution in [3.63, 3.8) is 0 Å². The fourth-order valence-electron chi connectivity index (χ4n) is 2.83. The minimum atomic E-state index is -4.76. The van der Waals surface area contributed by atoms with Gasteiger partial charge in [0.1, 0.15) is 5.82 Å². The van der Waals surface area contributed by atoms with E-state index in [-0.39, 0.29) is 16.0 Å². The Morgan fingerprint density at radius 3 is 2.30 bits per heavy atom. The summed E-state index contributed by atoms with van der Waals surface area (Å²) in [7, 11) is -3.35. The Balaban J connectivity index is 2.13. The van der Waals surface area contributed by atoms with E-state index < -0.39 is 50.9 Å². The molecule has 2 aromatic carbocycles. The Bertz CT molecular complexity index is 1280. The number of rotatable bonds is 6.